The van der Waals surface area contributed by atoms with E-state index in [0.717, 1.165) is 25.7 Å². The minimum Gasteiger partial charge on any atom is -0.741 e. The molecule has 0 bridgehead atoms. The summed E-state index contributed by atoms with van der Waals surface area (Å²) in [4.78, 5) is 33.8. The van der Waals surface area contributed by atoms with E-state index in [4.69, 9.17) is 25.3 Å². The van der Waals surface area contributed by atoms with Crippen LogP contribution in [0.5, 0.6) is 0 Å². The number of aliphatic imine (C=N–C) groups is 2. The smallest absolute Gasteiger partial charge is 0.741 e. The molecule has 63 heavy (non-hydrogen) atoms. The summed E-state index contributed by atoms with van der Waals surface area (Å²) in [7, 11) is 0. The van der Waals surface area contributed by atoms with Crippen LogP contribution in [0.2, 0.25) is 0 Å². The van der Waals surface area contributed by atoms with Crippen molar-refractivity contribution in [2.24, 2.45) is 20.2 Å². The second-order valence-corrected chi connectivity index (χ2v) is 16.3. The first-order chi connectivity index (χ1) is 30.2. The molecule has 0 atom stereocenters. The van der Waals surface area contributed by atoms with Crippen LogP contribution >= 0.6 is 0 Å². The van der Waals surface area contributed by atoms with Crippen molar-refractivity contribution >= 4 is 123 Å². The zero-order valence-corrected chi connectivity index (χ0v) is 37.8. The standard InChI is InChI=1S/C50H50N8O2S2.Cu/c1-31(55-57-49(61)53-29-27-51-43(59)13-5-7-33-15-17-39-21-19-35-9-3-11-37-23-25-41(33)47(39)45(35)37)32(2)56-58-50(62)54-30-28-52-44(60)14-6-8-34-16-18-40-22-20-36-10-4-12-38-24-26-42(34)48(40)46(36)38;/h3-4,9-12,15-26H,5-8,13-14,27-30H2,1-2H3,(H,51,59)(H,52,60)(H2,53,57,61)(H2,54,58,62);/q;+2/p-2/b55-31+,56-32+;. The van der Waals surface area contributed by atoms with Gasteiger partial charge in [-0.2, -0.15) is 10.2 Å². The molecule has 2 amide bonds. The number of rotatable bonds is 17. The van der Waals surface area contributed by atoms with Gasteiger partial charge < -0.3 is 35.9 Å². The number of aryl methyl sites for hydroxylation is 2. The first-order valence-electron chi connectivity index (χ1n) is 21.1. The maximum absolute atomic E-state index is 12.6. The summed E-state index contributed by atoms with van der Waals surface area (Å²) in [6.07, 6.45) is 4.00. The molecule has 0 unspecified atom stereocenters. The molecule has 0 aromatic heterocycles. The van der Waals surface area contributed by atoms with Crippen molar-refractivity contribution < 1.29 is 26.7 Å². The number of carbonyl (C=O) groups excluding carboxylic acids is 2. The molecule has 4 N–H and O–H groups in total. The first kappa shape index (κ1) is 45.1. The molecule has 8 aromatic rings. The quantitative estimate of drug-likeness (QED) is 0.0137. The third-order valence-electron chi connectivity index (χ3n) is 11.5. The van der Waals surface area contributed by atoms with Crippen molar-refractivity contribution in [1.82, 2.24) is 21.5 Å². The molecule has 0 saturated heterocycles. The molecule has 1 radical (unpaired) electrons. The number of amides is 2. The van der Waals surface area contributed by atoms with E-state index in [1.807, 2.05) is 0 Å². The average molecular weight is 921 g/mol. The Hall–Kier alpha value is -5.98. The average Bonchev–Trinajstić information content (AvgIpc) is 3.29. The number of nitrogens with one attached hydrogen (secondary N) is 4. The van der Waals surface area contributed by atoms with Crippen LogP contribution in [-0.4, -0.2) is 59.8 Å². The van der Waals surface area contributed by atoms with Gasteiger partial charge in [0, 0.05) is 25.9 Å². The largest absolute Gasteiger partial charge is 2.00 e. The van der Waals surface area contributed by atoms with Gasteiger partial charge in [-0.05, 0) is 126 Å². The number of amidine groups is 2. The molecule has 0 heterocycles. The maximum atomic E-state index is 12.6. The third-order valence-corrected chi connectivity index (χ3v) is 11.9. The number of hydrogen-bond acceptors (Lipinski definition) is 8. The Kier molecular flexibility index (Phi) is 15.0. The maximum Gasteiger partial charge on any atom is 2.00 e. The van der Waals surface area contributed by atoms with Gasteiger partial charge in [0.25, 0.3) is 0 Å². The minimum absolute atomic E-state index is 0. The van der Waals surface area contributed by atoms with Gasteiger partial charge in [-0.25, -0.2) is 0 Å². The van der Waals surface area contributed by atoms with E-state index < -0.39 is 0 Å². The van der Waals surface area contributed by atoms with Crippen molar-refractivity contribution in [3.63, 3.8) is 0 Å². The molecule has 0 aliphatic carbocycles. The molecular weight excluding hydrogens is 872 g/mol. The Bertz CT molecular complexity index is 2800. The van der Waals surface area contributed by atoms with Crippen molar-refractivity contribution in [2.75, 3.05) is 26.2 Å². The molecule has 8 rings (SSSR count). The molecule has 0 aliphatic rings. The van der Waals surface area contributed by atoms with Crippen LogP contribution in [0, 0.1) is 0 Å². The first-order valence-corrected chi connectivity index (χ1v) is 21.9. The molecule has 0 saturated carbocycles. The Balaban J connectivity index is 0.00000595. The van der Waals surface area contributed by atoms with Gasteiger partial charge in [0.15, 0.2) is 0 Å². The third kappa shape index (κ3) is 10.6. The van der Waals surface area contributed by atoms with E-state index in [1.165, 1.54) is 75.8 Å². The van der Waals surface area contributed by atoms with E-state index in [9.17, 15) is 9.59 Å². The SMILES string of the molecule is CC(=N\NC([S-])=NCCNC(=O)CCCc1ccc2ccc3cccc4ccc1c2c34)/C(C)=N/NC([S-])=NCCNC(=O)CCCc1ccc2ccc3cccc4ccc1c2c34.[Cu+2]. The second-order valence-electron chi connectivity index (χ2n) is 15.6. The van der Waals surface area contributed by atoms with Crippen LogP contribution in [0.4, 0.5) is 0 Å². The van der Waals surface area contributed by atoms with Crippen LogP contribution in [-0.2, 0) is 64.8 Å². The monoisotopic (exact) mass is 919 g/mol. The number of hydrazone groups is 2. The van der Waals surface area contributed by atoms with Crippen LogP contribution in [0.15, 0.2) is 129 Å². The van der Waals surface area contributed by atoms with Gasteiger partial charge >= 0.3 is 17.1 Å². The summed E-state index contributed by atoms with van der Waals surface area (Å²) in [5.74, 6) is -0.0238. The Morgan fingerprint density at radius 2 is 0.841 bits per heavy atom. The molecule has 0 fully saturated rings. The van der Waals surface area contributed by atoms with Crippen LogP contribution < -0.4 is 21.5 Å². The van der Waals surface area contributed by atoms with Gasteiger partial charge in [0.1, 0.15) is 0 Å². The topological polar surface area (TPSA) is 132 Å². The Labute approximate surface area is 388 Å². The molecule has 0 aliphatic heterocycles. The van der Waals surface area contributed by atoms with E-state index in [1.54, 1.807) is 13.8 Å². The van der Waals surface area contributed by atoms with E-state index in [2.05, 4.69) is 151 Å². The van der Waals surface area contributed by atoms with Crippen molar-refractivity contribution in [1.29, 1.82) is 0 Å². The summed E-state index contributed by atoms with van der Waals surface area (Å²) in [6, 6.07) is 39.2. The normalized spacial score (nSPS) is 12.8. The van der Waals surface area contributed by atoms with Crippen molar-refractivity contribution in [3.8, 4) is 0 Å². The Morgan fingerprint density at radius 3 is 1.24 bits per heavy atom. The summed E-state index contributed by atoms with van der Waals surface area (Å²) >= 11 is 10.6. The van der Waals surface area contributed by atoms with Crippen LogP contribution in [0.3, 0.4) is 0 Å². The number of benzene rings is 8. The van der Waals surface area contributed by atoms with Gasteiger partial charge in [-0.1, -0.05) is 109 Å². The number of carbonyl (C=O) groups is 2. The van der Waals surface area contributed by atoms with E-state index in [-0.39, 0.29) is 39.2 Å². The van der Waals surface area contributed by atoms with E-state index in [0.29, 0.717) is 50.4 Å². The summed E-state index contributed by atoms with van der Waals surface area (Å²) in [5, 5.41) is 30.0. The molecule has 13 heteroatoms. The predicted molar refractivity (Wildman–Crippen MR) is 264 cm³/mol. The van der Waals surface area contributed by atoms with E-state index >= 15 is 0 Å². The molecule has 0 spiro atoms. The zero-order valence-electron chi connectivity index (χ0n) is 35.2. The van der Waals surface area contributed by atoms with Gasteiger partial charge in [0.05, 0.1) is 24.5 Å². The fraction of sp³-hybridized carbons (Fsp3) is 0.240. The van der Waals surface area contributed by atoms with Crippen molar-refractivity contribution in [2.45, 2.75) is 52.4 Å². The summed E-state index contributed by atoms with van der Waals surface area (Å²) in [5.41, 5.74) is 9.18. The molecule has 323 valence electrons. The summed E-state index contributed by atoms with van der Waals surface area (Å²) in [6.45, 7) is 4.96. The Morgan fingerprint density at radius 1 is 0.492 bits per heavy atom. The summed E-state index contributed by atoms with van der Waals surface area (Å²) < 4.78 is 0. The van der Waals surface area contributed by atoms with Gasteiger partial charge in [-0.3, -0.25) is 30.4 Å². The van der Waals surface area contributed by atoms with Gasteiger partial charge in [-0.15, -0.1) is 0 Å². The number of hydrogen-bond donors (Lipinski definition) is 4. The predicted octanol–water partition coefficient (Wildman–Crippen LogP) is 8.79. The molecule has 8 aromatic carbocycles. The molecule has 10 nitrogen and oxygen atoms in total. The second kappa shape index (κ2) is 20.9. The zero-order chi connectivity index (χ0) is 43.0. The van der Waals surface area contributed by atoms with Crippen LogP contribution in [0.1, 0.15) is 50.7 Å². The number of nitrogens with zero attached hydrogens (tertiary/aromatic N) is 4. The fourth-order valence-corrected chi connectivity index (χ4v) is 8.56. The van der Waals surface area contributed by atoms with Crippen molar-refractivity contribution in [3.05, 3.63) is 120 Å². The van der Waals surface area contributed by atoms with Crippen LogP contribution in [0.25, 0.3) is 64.6 Å². The minimum atomic E-state index is -0.0119. The molecular formula is C50H48CuN8O2S2. The van der Waals surface area contributed by atoms with Gasteiger partial charge in [0.2, 0.25) is 11.8 Å². The fourth-order valence-electron chi connectivity index (χ4n) is 8.28.